The minimum atomic E-state index is -4.45. The smallest absolute Gasteiger partial charge is 0.416 e. The van der Waals surface area contributed by atoms with Crippen molar-refractivity contribution in [3.63, 3.8) is 0 Å². The molecule has 1 aliphatic heterocycles. The number of para-hydroxylation sites is 1. The molecule has 3 aromatic carbocycles. The Labute approximate surface area is 226 Å². The zero-order valence-corrected chi connectivity index (χ0v) is 21.4. The second-order valence-corrected chi connectivity index (χ2v) is 9.93. The Kier molecular flexibility index (Phi) is 6.48. The second-order valence-electron chi connectivity index (χ2n) is 8.99. The number of alkyl halides is 3. The Balaban J connectivity index is 1.31. The van der Waals surface area contributed by atoms with Crippen LogP contribution in [0.15, 0.2) is 94.5 Å². The van der Waals surface area contributed by atoms with Crippen molar-refractivity contribution in [2.24, 2.45) is 0 Å². The maximum Gasteiger partial charge on any atom is 0.416 e. The van der Waals surface area contributed by atoms with Crippen LogP contribution in [0.3, 0.4) is 0 Å². The number of ether oxygens (including phenoxy) is 1. The van der Waals surface area contributed by atoms with Gasteiger partial charge in [0.25, 0.3) is 0 Å². The number of thioether (sulfide) groups is 1. The quantitative estimate of drug-likeness (QED) is 0.225. The molecule has 0 aliphatic carbocycles. The Morgan fingerprint density at radius 2 is 1.74 bits per heavy atom. The van der Waals surface area contributed by atoms with Crippen molar-refractivity contribution in [1.29, 1.82) is 0 Å². The zero-order valence-electron chi connectivity index (χ0n) is 20.6. The molecule has 1 N–H and O–H groups in total. The van der Waals surface area contributed by atoms with E-state index in [4.69, 9.17) is 9.15 Å². The molecule has 0 radical (unpaired) electrons. The predicted molar refractivity (Wildman–Crippen MR) is 142 cm³/mol. The minimum absolute atomic E-state index is 0.274. The summed E-state index contributed by atoms with van der Waals surface area (Å²) in [6.07, 6.45) is -5.26. The number of fused-ring (bicyclic) bond motifs is 3. The van der Waals surface area contributed by atoms with Crippen LogP contribution >= 0.6 is 11.8 Å². The summed E-state index contributed by atoms with van der Waals surface area (Å²) in [5.41, 5.74) is 3.85. The molecule has 5 aromatic rings. The Morgan fingerprint density at radius 3 is 2.56 bits per heavy atom. The molecule has 0 amide bonds. The van der Waals surface area contributed by atoms with Crippen molar-refractivity contribution in [2.45, 2.75) is 30.2 Å². The van der Waals surface area contributed by atoms with Crippen molar-refractivity contribution >= 4 is 17.4 Å². The van der Waals surface area contributed by atoms with Crippen LogP contribution in [0.4, 0.5) is 18.9 Å². The van der Waals surface area contributed by atoms with E-state index in [0.29, 0.717) is 27.9 Å². The molecular formula is C29H21F3N4O2S. The SMILES string of the molecule is Cc1ccc(CSc2nnc3c(n2)O[C@@H](c2ccc(-c4cccc(C(F)(F)F)c4)o2)Nc2ccccc2-3)cc1. The van der Waals surface area contributed by atoms with Gasteiger partial charge in [-0.25, -0.2) is 0 Å². The predicted octanol–water partition coefficient (Wildman–Crippen LogP) is 7.92. The lowest BCUT2D eigenvalue weighted by atomic mass is 10.1. The molecule has 2 aromatic heterocycles. The third-order valence-corrected chi connectivity index (χ3v) is 7.09. The molecule has 39 heavy (non-hydrogen) atoms. The number of benzene rings is 3. The fourth-order valence-corrected chi connectivity index (χ4v) is 4.90. The highest BCUT2D eigenvalue weighted by molar-refractivity contribution is 7.98. The molecule has 0 saturated heterocycles. The Bertz CT molecular complexity index is 1640. The van der Waals surface area contributed by atoms with Crippen LogP contribution in [-0.2, 0) is 11.9 Å². The molecule has 3 heterocycles. The van der Waals surface area contributed by atoms with Gasteiger partial charge in [-0.15, -0.1) is 10.2 Å². The minimum Gasteiger partial charge on any atom is -0.455 e. The van der Waals surface area contributed by atoms with Crippen molar-refractivity contribution in [3.8, 4) is 28.5 Å². The third-order valence-electron chi connectivity index (χ3n) is 6.18. The van der Waals surface area contributed by atoms with E-state index in [2.05, 4.69) is 44.8 Å². The molecule has 6 nitrogen and oxygen atoms in total. The summed E-state index contributed by atoms with van der Waals surface area (Å²) < 4.78 is 51.9. The largest absolute Gasteiger partial charge is 0.455 e. The van der Waals surface area contributed by atoms with Crippen LogP contribution in [0.5, 0.6) is 5.88 Å². The lowest BCUT2D eigenvalue weighted by molar-refractivity contribution is -0.137. The first-order valence-electron chi connectivity index (χ1n) is 12.1. The van der Waals surface area contributed by atoms with E-state index in [1.807, 2.05) is 31.2 Å². The van der Waals surface area contributed by atoms with Gasteiger partial charge in [-0.05, 0) is 42.8 Å². The summed E-state index contributed by atoms with van der Waals surface area (Å²) >= 11 is 1.44. The zero-order chi connectivity index (χ0) is 27.0. The summed E-state index contributed by atoms with van der Waals surface area (Å²) in [5.74, 6) is 1.60. The Morgan fingerprint density at radius 1 is 0.923 bits per heavy atom. The average Bonchev–Trinajstić information content (AvgIpc) is 3.37. The number of aryl methyl sites for hydroxylation is 1. The van der Waals surface area contributed by atoms with E-state index in [-0.39, 0.29) is 11.6 Å². The first-order chi connectivity index (χ1) is 18.8. The van der Waals surface area contributed by atoms with Crippen molar-refractivity contribution < 1.29 is 22.3 Å². The standard InChI is InChI=1S/C29H21F3N4O2S/c1-17-9-11-18(12-10-17)16-39-28-34-27-25(35-36-28)21-7-2-3-8-22(21)33-26(38-27)24-14-13-23(37-24)19-5-4-6-20(15-19)29(30,31)32/h2-15,26,33H,16H2,1H3/t26-/m0/s1. The summed E-state index contributed by atoms with van der Waals surface area (Å²) in [4.78, 5) is 4.64. The van der Waals surface area contributed by atoms with E-state index in [9.17, 15) is 13.2 Å². The van der Waals surface area contributed by atoms with Crippen molar-refractivity contribution in [1.82, 2.24) is 15.2 Å². The van der Waals surface area contributed by atoms with Gasteiger partial charge in [-0.3, -0.25) is 0 Å². The summed E-state index contributed by atoms with van der Waals surface area (Å²) in [7, 11) is 0. The van der Waals surface area contributed by atoms with Gasteiger partial charge in [-0.1, -0.05) is 71.9 Å². The van der Waals surface area contributed by atoms with E-state index in [0.717, 1.165) is 28.9 Å². The number of anilines is 1. The Hall–Kier alpha value is -4.31. The number of nitrogens with zero attached hydrogens (tertiary/aromatic N) is 3. The number of hydrogen-bond acceptors (Lipinski definition) is 7. The average molecular weight is 547 g/mol. The molecule has 1 aliphatic rings. The normalized spacial score (nSPS) is 14.5. The van der Waals surface area contributed by atoms with E-state index >= 15 is 0 Å². The highest BCUT2D eigenvalue weighted by Crippen LogP contribution is 2.41. The van der Waals surface area contributed by atoms with Crippen LogP contribution in [0.1, 0.15) is 28.7 Å². The second kappa shape index (κ2) is 10.1. The number of furan rings is 1. The molecule has 0 spiro atoms. The van der Waals surface area contributed by atoms with Gasteiger partial charge in [0.1, 0.15) is 5.76 Å². The summed E-state index contributed by atoms with van der Waals surface area (Å²) in [6, 6.07) is 24.0. The van der Waals surface area contributed by atoms with Gasteiger partial charge in [0.15, 0.2) is 11.5 Å². The number of nitrogens with one attached hydrogen (secondary N) is 1. The molecule has 0 bridgehead atoms. The fourth-order valence-electron chi connectivity index (χ4n) is 4.17. The number of halogens is 3. The van der Waals surface area contributed by atoms with E-state index < -0.39 is 18.0 Å². The van der Waals surface area contributed by atoms with Crippen molar-refractivity contribution in [3.05, 3.63) is 107 Å². The van der Waals surface area contributed by atoms with Gasteiger partial charge >= 0.3 is 6.18 Å². The van der Waals surface area contributed by atoms with Gasteiger partial charge in [-0.2, -0.15) is 18.2 Å². The van der Waals surface area contributed by atoms with Crippen LogP contribution in [0.25, 0.3) is 22.6 Å². The molecular weight excluding hydrogens is 525 g/mol. The van der Waals surface area contributed by atoms with Gasteiger partial charge in [0.2, 0.25) is 17.3 Å². The van der Waals surface area contributed by atoms with Crippen LogP contribution in [0.2, 0.25) is 0 Å². The lowest BCUT2D eigenvalue weighted by Crippen LogP contribution is -2.16. The molecule has 0 saturated carbocycles. The number of rotatable bonds is 5. The molecule has 1 atom stereocenters. The van der Waals surface area contributed by atoms with Gasteiger partial charge in [0.05, 0.1) is 5.56 Å². The van der Waals surface area contributed by atoms with E-state index in [1.165, 1.54) is 23.4 Å². The highest BCUT2D eigenvalue weighted by atomic mass is 32.2. The van der Waals surface area contributed by atoms with Gasteiger partial charge < -0.3 is 14.5 Å². The van der Waals surface area contributed by atoms with Crippen LogP contribution in [-0.4, -0.2) is 15.2 Å². The van der Waals surface area contributed by atoms with Crippen LogP contribution in [0, 0.1) is 6.92 Å². The number of hydrogen-bond donors (Lipinski definition) is 1. The highest BCUT2D eigenvalue weighted by Gasteiger charge is 2.31. The molecule has 0 fully saturated rings. The topological polar surface area (TPSA) is 73.1 Å². The van der Waals surface area contributed by atoms with Crippen LogP contribution < -0.4 is 10.1 Å². The number of aromatic nitrogens is 3. The third kappa shape index (κ3) is 5.33. The van der Waals surface area contributed by atoms with E-state index in [1.54, 1.807) is 18.2 Å². The summed E-state index contributed by atoms with van der Waals surface area (Å²) in [5, 5.41) is 12.5. The fraction of sp³-hybridized carbons (Fsp3) is 0.138. The van der Waals surface area contributed by atoms with Crippen molar-refractivity contribution in [2.75, 3.05) is 5.32 Å². The first-order valence-corrected chi connectivity index (χ1v) is 13.0. The summed E-state index contributed by atoms with van der Waals surface area (Å²) in [6.45, 7) is 2.04. The molecule has 0 unspecified atom stereocenters. The van der Waals surface area contributed by atoms with Gasteiger partial charge in [0, 0.05) is 22.6 Å². The lowest BCUT2D eigenvalue weighted by Gasteiger charge is -2.16. The maximum atomic E-state index is 13.2. The molecule has 196 valence electrons. The first kappa shape index (κ1) is 25.0. The monoisotopic (exact) mass is 546 g/mol. The molecule has 6 rings (SSSR count). The maximum absolute atomic E-state index is 13.2. The molecule has 10 heteroatoms.